The fourth-order valence-electron chi connectivity index (χ4n) is 4.75. The highest BCUT2D eigenvalue weighted by Crippen LogP contribution is 2.36. The number of hydrogen-bond acceptors (Lipinski definition) is 3. The highest BCUT2D eigenvalue weighted by atomic mass is 32.2. The molecule has 0 aromatic heterocycles. The number of likely N-dealkylation sites (tertiary alicyclic amines) is 1. The van der Waals surface area contributed by atoms with Gasteiger partial charge in [0.05, 0.1) is 7.11 Å². The second-order valence-corrected chi connectivity index (χ2v) is 9.97. The number of piperidine rings is 1. The monoisotopic (exact) mass is 421 g/mol. The highest BCUT2D eigenvalue weighted by molar-refractivity contribution is 7.99. The van der Waals surface area contributed by atoms with E-state index in [0.717, 1.165) is 18.1 Å². The summed E-state index contributed by atoms with van der Waals surface area (Å²) in [5.74, 6) is 3.65. The summed E-state index contributed by atoms with van der Waals surface area (Å²) in [6.45, 7) is 6.10. The lowest BCUT2D eigenvalue weighted by molar-refractivity contribution is 0.186. The third-order valence-electron chi connectivity index (χ3n) is 6.71. The molecule has 0 amide bonds. The summed E-state index contributed by atoms with van der Waals surface area (Å²) < 4.78 is 5.45. The zero-order valence-electron chi connectivity index (χ0n) is 18.5. The van der Waals surface area contributed by atoms with Crippen LogP contribution in [0, 0.1) is 11.8 Å². The molecule has 1 saturated heterocycles. The van der Waals surface area contributed by atoms with Crippen LogP contribution in [-0.2, 0) is 12.8 Å². The maximum absolute atomic E-state index is 5.45. The number of allylic oxidation sites excluding steroid dienone is 1. The van der Waals surface area contributed by atoms with Gasteiger partial charge in [-0.15, -0.1) is 11.8 Å². The van der Waals surface area contributed by atoms with Crippen LogP contribution < -0.4 is 4.74 Å². The molecule has 160 valence electrons. The van der Waals surface area contributed by atoms with E-state index in [4.69, 9.17) is 4.74 Å². The first-order valence-electron chi connectivity index (χ1n) is 11.5. The first-order valence-corrected chi connectivity index (χ1v) is 12.4. The van der Waals surface area contributed by atoms with Crippen molar-refractivity contribution < 1.29 is 4.74 Å². The van der Waals surface area contributed by atoms with Crippen molar-refractivity contribution in [3.05, 3.63) is 71.3 Å². The van der Waals surface area contributed by atoms with Gasteiger partial charge in [-0.2, -0.15) is 0 Å². The van der Waals surface area contributed by atoms with E-state index in [1.807, 2.05) is 11.8 Å². The quantitative estimate of drug-likeness (QED) is 0.512. The number of fused-ring (bicyclic) bond motifs is 1. The van der Waals surface area contributed by atoms with Gasteiger partial charge in [-0.05, 0) is 86.4 Å². The molecule has 1 fully saturated rings. The van der Waals surface area contributed by atoms with Crippen molar-refractivity contribution in [1.29, 1.82) is 0 Å². The summed E-state index contributed by atoms with van der Waals surface area (Å²) in [5.41, 5.74) is 4.53. The second-order valence-electron chi connectivity index (χ2n) is 8.90. The number of methoxy groups -OCH3 is 1. The largest absolute Gasteiger partial charge is 0.497 e. The maximum atomic E-state index is 5.45. The molecule has 1 atom stereocenters. The molecular weight excluding hydrogens is 386 g/mol. The molecular formula is C27H35NOS. The van der Waals surface area contributed by atoms with Crippen LogP contribution >= 0.6 is 11.8 Å². The molecule has 0 radical (unpaired) electrons. The van der Waals surface area contributed by atoms with E-state index in [-0.39, 0.29) is 0 Å². The van der Waals surface area contributed by atoms with Crippen molar-refractivity contribution in [2.45, 2.75) is 43.9 Å². The Morgan fingerprint density at radius 3 is 2.67 bits per heavy atom. The van der Waals surface area contributed by atoms with Gasteiger partial charge in [0.15, 0.2) is 0 Å². The van der Waals surface area contributed by atoms with Crippen molar-refractivity contribution >= 4 is 11.8 Å². The summed E-state index contributed by atoms with van der Waals surface area (Å²) in [5, 5.41) is 0. The molecule has 2 aromatic carbocycles. The fraction of sp³-hybridized carbons (Fsp3) is 0.481. The lowest BCUT2D eigenvalue weighted by Crippen LogP contribution is -2.34. The molecule has 0 N–H and O–H groups in total. The maximum Gasteiger partial charge on any atom is 0.119 e. The number of benzene rings is 2. The number of nitrogens with zero attached hydrogens (tertiary/aromatic N) is 1. The minimum atomic E-state index is 0.644. The lowest BCUT2D eigenvalue weighted by atomic mass is 9.90. The predicted octanol–water partition coefficient (Wildman–Crippen LogP) is 6.25. The van der Waals surface area contributed by atoms with Gasteiger partial charge >= 0.3 is 0 Å². The summed E-state index contributed by atoms with van der Waals surface area (Å²) in [7, 11) is 1.76. The van der Waals surface area contributed by atoms with Crippen LogP contribution in [0.3, 0.4) is 0 Å². The molecule has 3 heteroatoms. The van der Waals surface area contributed by atoms with Crippen LogP contribution in [0.25, 0.3) is 0 Å². The van der Waals surface area contributed by atoms with E-state index >= 15 is 0 Å². The normalized spacial score (nSPS) is 21.9. The Morgan fingerprint density at radius 1 is 1.10 bits per heavy atom. The zero-order valence-corrected chi connectivity index (χ0v) is 19.3. The molecule has 2 nitrogen and oxygen atoms in total. The van der Waals surface area contributed by atoms with Crippen LogP contribution in [0.15, 0.2) is 65.1 Å². The number of thioether (sulfide) groups is 1. The minimum Gasteiger partial charge on any atom is -0.497 e. The van der Waals surface area contributed by atoms with Gasteiger partial charge in [0.25, 0.3) is 0 Å². The Kier molecular flexibility index (Phi) is 7.57. The molecule has 4 rings (SSSR count). The van der Waals surface area contributed by atoms with E-state index < -0.39 is 0 Å². The summed E-state index contributed by atoms with van der Waals surface area (Å²) in [4.78, 5) is 4.09. The summed E-state index contributed by atoms with van der Waals surface area (Å²) in [6.07, 6.45) is 8.71. The molecule has 0 saturated carbocycles. The van der Waals surface area contributed by atoms with Crippen molar-refractivity contribution in [2.24, 2.45) is 11.8 Å². The Bertz CT molecular complexity index is 839. The molecule has 0 bridgehead atoms. The number of rotatable bonds is 6. The van der Waals surface area contributed by atoms with Crippen molar-refractivity contribution in [3.63, 3.8) is 0 Å². The Morgan fingerprint density at radius 2 is 1.90 bits per heavy atom. The lowest BCUT2D eigenvalue weighted by Gasteiger charge is -2.32. The van der Waals surface area contributed by atoms with Crippen LogP contribution in [0.5, 0.6) is 5.75 Å². The Labute approximate surface area is 186 Å². The van der Waals surface area contributed by atoms with Crippen LogP contribution in [-0.4, -0.2) is 37.4 Å². The van der Waals surface area contributed by atoms with Gasteiger partial charge < -0.3 is 9.64 Å². The standard InChI is InChI=1S/C27H35NOS/c1-21-20-30-27-11-10-26(29-2)19-25(27)18-24(21)9-6-14-28-15-12-23(13-16-28)17-22-7-4-3-5-8-22/h3-5,7-11,19,21,23H,6,12-18,20H2,1-2H3/b24-9-/t21-/m0/s1. The van der Waals surface area contributed by atoms with Crippen molar-refractivity contribution in [1.82, 2.24) is 4.90 Å². The van der Waals surface area contributed by atoms with Crippen molar-refractivity contribution in [3.8, 4) is 5.75 Å². The smallest absolute Gasteiger partial charge is 0.119 e. The van der Waals surface area contributed by atoms with Crippen LogP contribution in [0.2, 0.25) is 0 Å². The third-order valence-corrected chi connectivity index (χ3v) is 8.09. The SMILES string of the molecule is COc1ccc2c(c1)C/C(=C/CCN1CCC(Cc3ccccc3)CC1)[C@@H](C)CS2. The number of ether oxygens (including phenoxy) is 1. The van der Waals surface area contributed by atoms with Crippen LogP contribution in [0.4, 0.5) is 0 Å². The van der Waals surface area contributed by atoms with E-state index in [1.54, 1.807) is 12.7 Å². The molecule has 0 unspecified atom stereocenters. The molecule has 0 aliphatic carbocycles. The Balaban J connectivity index is 1.27. The van der Waals surface area contributed by atoms with E-state index in [0.29, 0.717) is 5.92 Å². The minimum absolute atomic E-state index is 0.644. The average Bonchev–Trinajstić information content (AvgIpc) is 2.94. The molecule has 0 spiro atoms. The molecule has 2 aliphatic heterocycles. The van der Waals surface area contributed by atoms with Gasteiger partial charge in [0.1, 0.15) is 5.75 Å². The Hall–Kier alpha value is -1.71. The van der Waals surface area contributed by atoms with E-state index in [9.17, 15) is 0 Å². The third kappa shape index (κ3) is 5.70. The van der Waals surface area contributed by atoms with Crippen molar-refractivity contribution in [2.75, 3.05) is 32.5 Å². The van der Waals surface area contributed by atoms with E-state index in [1.165, 1.54) is 67.1 Å². The zero-order chi connectivity index (χ0) is 20.8. The predicted molar refractivity (Wildman–Crippen MR) is 129 cm³/mol. The van der Waals surface area contributed by atoms with Gasteiger partial charge in [-0.3, -0.25) is 0 Å². The average molecular weight is 422 g/mol. The topological polar surface area (TPSA) is 12.5 Å². The summed E-state index contributed by atoms with van der Waals surface area (Å²) in [6, 6.07) is 17.5. The fourth-order valence-corrected chi connectivity index (χ4v) is 5.87. The second kappa shape index (κ2) is 10.5. The highest BCUT2D eigenvalue weighted by Gasteiger charge is 2.20. The van der Waals surface area contributed by atoms with Gasteiger partial charge in [-0.1, -0.05) is 48.9 Å². The van der Waals surface area contributed by atoms with E-state index in [2.05, 4.69) is 66.4 Å². The molecule has 2 heterocycles. The van der Waals surface area contributed by atoms with Gasteiger partial charge in [-0.25, -0.2) is 0 Å². The summed E-state index contributed by atoms with van der Waals surface area (Å²) >= 11 is 2.00. The first kappa shape index (κ1) is 21.5. The van der Waals surface area contributed by atoms with Gasteiger partial charge in [0, 0.05) is 17.2 Å². The molecule has 2 aromatic rings. The molecule has 2 aliphatic rings. The first-order chi connectivity index (χ1) is 14.7. The van der Waals surface area contributed by atoms with Crippen LogP contribution in [0.1, 0.15) is 37.3 Å². The molecule has 30 heavy (non-hydrogen) atoms. The number of hydrogen-bond donors (Lipinski definition) is 0. The van der Waals surface area contributed by atoms with Gasteiger partial charge in [0.2, 0.25) is 0 Å².